The molecule has 0 aliphatic carbocycles. The van der Waals surface area contributed by atoms with Gasteiger partial charge in [0.25, 0.3) is 0 Å². The van der Waals surface area contributed by atoms with Gasteiger partial charge in [0.2, 0.25) is 0 Å². The number of carbonyl (C=O) groups is 1. The van der Waals surface area contributed by atoms with Crippen molar-refractivity contribution >= 4 is 5.97 Å². The third kappa shape index (κ3) is 1.59. The Labute approximate surface area is 71.2 Å². The molecule has 1 fully saturated rings. The summed E-state index contributed by atoms with van der Waals surface area (Å²) in [4.78, 5) is 11.1. The molecule has 0 aromatic carbocycles. The van der Waals surface area contributed by atoms with Gasteiger partial charge in [0, 0.05) is 5.92 Å². The monoisotopic (exact) mass is 174 g/mol. The normalized spacial score (nSPS) is 31.8. The molecule has 0 radical (unpaired) electrons. The summed E-state index contributed by atoms with van der Waals surface area (Å²) < 4.78 is 4.73. The number of aliphatic hydroxyl groups is 2. The smallest absolute Gasteiger partial charge is 0.312 e. The van der Waals surface area contributed by atoms with E-state index in [0.717, 1.165) is 0 Å². The van der Waals surface area contributed by atoms with Gasteiger partial charge < -0.3 is 14.9 Å². The summed E-state index contributed by atoms with van der Waals surface area (Å²) in [6.07, 6.45) is -0.173. The van der Waals surface area contributed by atoms with Crippen LogP contribution >= 0.6 is 0 Å². The predicted molar refractivity (Wildman–Crippen MR) is 41.3 cm³/mol. The average Bonchev–Trinajstić information content (AvgIpc) is 2.45. The van der Waals surface area contributed by atoms with E-state index in [9.17, 15) is 9.90 Å². The fourth-order valence-corrected chi connectivity index (χ4v) is 1.47. The van der Waals surface area contributed by atoms with Crippen LogP contribution in [0.2, 0.25) is 0 Å². The first-order valence-electron chi connectivity index (χ1n) is 4.16. The minimum atomic E-state index is -0.683. The van der Waals surface area contributed by atoms with Gasteiger partial charge in [-0.05, 0) is 6.42 Å². The molecule has 3 unspecified atom stereocenters. The summed E-state index contributed by atoms with van der Waals surface area (Å²) in [6, 6.07) is 0. The molecule has 1 rings (SSSR count). The summed E-state index contributed by atoms with van der Waals surface area (Å²) in [6.45, 7) is 1.93. The minimum absolute atomic E-state index is 0.104. The molecule has 4 heteroatoms. The molecule has 0 aromatic heterocycles. The topological polar surface area (TPSA) is 66.8 Å². The highest BCUT2D eigenvalue weighted by Crippen LogP contribution is 2.26. The largest absolute Gasteiger partial charge is 0.465 e. The number of rotatable bonds is 3. The van der Waals surface area contributed by atoms with Crippen LogP contribution < -0.4 is 0 Å². The van der Waals surface area contributed by atoms with Gasteiger partial charge in [-0.2, -0.15) is 0 Å². The fraction of sp³-hybridized carbons (Fsp3) is 0.875. The van der Waals surface area contributed by atoms with E-state index in [1.54, 1.807) is 6.92 Å². The molecule has 1 heterocycles. The number of ether oxygens (including phenoxy) is 1. The van der Waals surface area contributed by atoms with Gasteiger partial charge >= 0.3 is 5.97 Å². The van der Waals surface area contributed by atoms with Gasteiger partial charge in [-0.25, -0.2) is 0 Å². The van der Waals surface area contributed by atoms with E-state index in [2.05, 4.69) is 0 Å². The van der Waals surface area contributed by atoms with Gasteiger partial charge in [-0.3, -0.25) is 4.79 Å². The number of cyclic esters (lactones) is 1. The lowest BCUT2D eigenvalue weighted by Crippen LogP contribution is -2.31. The van der Waals surface area contributed by atoms with Gasteiger partial charge in [-0.15, -0.1) is 0 Å². The molecule has 1 aliphatic heterocycles. The van der Waals surface area contributed by atoms with Crippen molar-refractivity contribution in [2.24, 2.45) is 11.8 Å². The quantitative estimate of drug-likeness (QED) is 0.568. The van der Waals surface area contributed by atoms with Gasteiger partial charge in [-0.1, -0.05) is 6.92 Å². The highest BCUT2D eigenvalue weighted by atomic mass is 16.5. The summed E-state index contributed by atoms with van der Waals surface area (Å²) in [5.74, 6) is -1.14. The van der Waals surface area contributed by atoms with E-state index < -0.39 is 12.0 Å². The first-order valence-corrected chi connectivity index (χ1v) is 4.16. The zero-order valence-electron chi connectivity index (χ0n) is 7.06. The Hall–Kier alpha value is -0.610. The van der Waals surface area contributed by atoms with Crippen molar-refractivity contribution < 1.29 is 19.7 Å². The Morgan fingerprint density at radius 3 is 2.92 bits per heavy atom. The number of hydrogen-bond donors (Lipinski definition) is 2. The first-order chi connectivity index (χ1) is 5.70. The Bertz CT molecular complexity index is 168. The van der Waals surface area contributed by atoms with E-state index in [0.29, 0.717) is 6.42 Å². The molecular weight excluding hydrogens is 160 g/mol. The SMILES string of the molecule is CCC(O)C1C(=O)OCC1CO. The highest BCUT2D eigenvalue weighted by Gasteiger charge is 2.40. The van der Waals surface area contributed by atoms with E-state index >= 15 is 0 Å². The Morgan fingerprint density at radius 1 is 1.75 bits per heavy atom. The molecule has 2 N–H and O–H groups in total. The van der Waals surface area contributed by atoms with Crippen molar-refractivity contribution in [1.29, 1.82) is 0 Å². The zero-order chi connectivity index (χ0) is 9.14. The minimum Gasteiger partial charge on any atom is -0.465 e. The van der Waals surface area contributed by atoms with Crippen LogP contribution in [0.1, 0.15) is 13.3 Å². The van der Waals surface area contributed by atoms with Crippen LogP contribution in [0.15, 0.2) is 0 Å². The van der Waals surface area contributed by atoms with Crippen molar-refractivity contribution in [2.45, 2.75) is 19.4 Å². The first kappa shape index (κ1) is 9.48. The summed E-state index contributed by atoms with van der Waals surface area (Å²) in [5.41, 5.74) is 0. The number of esters is 1. The lowest BCUT2D eigenvalue weighted by Gasteiger charge is -2.17. The van der Waals surface area contributed by atoms with E-state index in [1.807, 2.05) is 0 Å². The van der Waals surface area contributed by atoms with Crippen molar-refractivity contribution in [3.05, 3.63) is 0 Å². The number of aliphatic hydroxyl groups excluding tert-OH is 2. The maximum atomic E-state index is 11.1. The maximum absolute atomic E-state index is 11.1. The average molecular weight is 174 g/mol. The van der Waals surface area contributed by atoms with Gasteiger partial charge in [0.05, 0.1) is 25.2 Å². The molecule has 0 spiro atoms. The molecule has 70 valence electrons. The van der Waals surface area contributed by atoms with Gasteiger partial charge in [0.15, 0.2) is 0 Å². The third-order valence-electron chi connectivity index (χ3n) is 2.29. The van der Waals surface area contributed by atoms with E-state index in [-0.39, 0.29) is 25.1 Å². The molecule has 12 heavy (non-hydrogen) atoms. The second-order valence-corrected chi connectivity index (χ2v) is 3.07. The molecule has 0 bridgehead atoms. The Morgan fingerprint density at radius 2 is 2.42 bits per heavy atom. The lowest BCUT2D eigenvalue weighted by molar-refractivity contribution is -0.144. The van der Waals surface area contributed by atoms with Crippen molar-refractivity contribution in [3.63, 3.8) is 0 Å². The molecule has 1 saturated heterocycles. The van der Waals surface area contributed by atoms with E-state index in [1.165, 1.54) is 0 Å². The molecule has 1 aliphatic rings. The Kier molecular flexibility index (Phi) is 3.05. The predicted octanol–water partition coefficient (Wildman–Crippen LogP) is -0.461. The lowest BCUT2D eigenvalue weighted by atomic mass is 9.89. The summed E-state index contributed by atoms with van der Waals surface area (Å²) in [7, 11) is 0. The van der Waals surface area contributed by atoms with Gasteiger partial charge in [0.1, 0.15) is 0 Å². The molecular formula is C8H14O4. The third-order valence-corrected chi connectivity index (χ3v) is 2.29. The second kappa shape index (κ2) is 3.87. The number of carbonyl (C=O) groups excluding carboxylic acids is 1. The fourth-order valence-electron chi connectivity index (χ4n) is 1.47. The van der Waals surface area contributed by atoms with Crippen molar-refractivity contribution in [2.75, 3.05) is 13.2 Å². The summed E-state index contributed by atoms with van der Waals surface area (Å²) in [5, 5.41) is 18.3. The zero-order valence-corrected chi connectivity index (χ0v) is 7.06. The highest BCUT2D eigenvalue weighted by molar-refractivity contribution is 5.75. The second-order valence-electron chi connectivity index (χ2n) is 3.07. The van der Waals surface area contributed by atoms with Crippen LogP contribution in [0.5, 0.6) is 0 Å². The van der Waals surface area contributed by atoms with Crippen LogP contribution in [0.4, 0.5) is 0 Å². The van der Waals surface area contributed by atoms with E-state index in [4.69, 9.17) is 9.84 Å². The van der Waals surface area contributed by atoms with Crippen LogP contribution in [-0.2, 0) is 9.53 Å². The Balaban J connectivity index is 2.63. The van der Waals surface area contributed by atoms with Crippen molar-refractivity contribution in [3.8, 4) is 0 Å². The molecule has 0 saturated carbocycles. The van der Waals surface area contributed by atoms with Crippen LogP contribution in [0, 0.1) is 11.8 Å². The standard InChI is InChI=1S/C8H14O4/c1-2-6(10)7-5(3-9)4-12-8(7)11/h5-7,9-10H,2-4H2,1H3. The van der Waals surface area contributed by atoms with Crippen molar-refractivity contribution in [1.82, 2.24) is 0 Å². The van der Waals surface area contributed by atoms with Crippen LogP contribution in [0.3, 0.4) is 0 Å². The molecule has 3 atom stereocenters. The van der Waals surface area contributed by atoms with Crippen LogP contribution in [-0.4, -0.2) is 35.5 Å². The maximum Gasteiger partial charge on any atom is 0.312 e. The molecule has 0 amide bonds. The summed E-state index contributed by atoms with van der Waals surface area (Å²) >= 11 is 0. The van der Waals surface area contributed by atoms with Crippen LogP contribution in [0.25, 0.3) is 0 Å². The molecule has 4 nitrogen and oxygen atoms in total. The number of hydrogen-bond acceptors (Lipinski definition) is 4. The molecule has 0 aromatic rings.